The molecule has 2 N–H and O–H groups in total. The first kappa shape index (κ1) is 21.5. The van der Waals surface area contributed by atoms with Crippen LogP contribution in [0.15, 0.2) is 6.07 Å². The second kappa shape index (κ2) is 11.1. The van der Waals surface area contributed by atoms with Crippen LogP contribution in [-0.4, -0.2) is 28.7 Å². The summed E-state index contributed by atoms with van der Waals surface area (Å²) in [6, 6.07) is 1.93. The van der Waals surface area contributed by atoms with Gasteiger partial charge in [0.15, 0.2) is 5.82 Å². The van der Waals surface area contributed by atoms with E-state index < -0.39 is 11.9 Å². The Morgan fingerprint density at radius 3 is 2.19 bits per heavy atom. The number of nitrogens with one attached hydrogen (secondary N) is 2. The maximum atomic E-state index is 12.0. The molecule has 1 aliphatic rings. The summed E-state index contributed by atoms with van der Waals surface area (Å²) in [6.07, 6.45) is 13.7. The first-order valence-electron chi connectivity index (χ1n) is 10.5. The Labute approximate surface area is 162 Å². The average Bonchev–Trinajstić information content (AvgIpc) is 3.07. The fourth-order valence-corrected chi connectivity index (χ4v) is 3.89. The molecule has 0 unspecified atom stereocenters. The van der Waals surface area contributed by atoms with Crippen molar-refractivity contribution in [3.8, 4) is 0 Å². The molecule has 152 valence electrons. The molecule has 1 fully saturated rings. The van der Waals surface area contributed by atoms with Crippen LogP contribution in [0.1, 0.15) is 96.6 Å². The minimum Gasteiger partial charge on any atom is -0.466 e. The van der Waals surface area contributed by atoms with Crippen LogP contribution in [0.3, 0.4) is 0 Å². The number of H-pyrrole nitrogens is 1. The lowest BCUT2D eigenvalue weighted by Gasteiger charge is -2.29. The number of hydrogen-bond donors (Lipinski definition) is 2. The number of rotatable bonds is 5. The Balaban J connectivity index is 1.97. The van der Waals surface area contributed by atoms with Crippen molar-refractivity contribution < 1.29 is 14.3 Å². The number of esters is 1. The van der Waals surface area contributed by atoms with Gasteiger partial charge in [0.1, 0.15) is 6.42 Å². The van der Waals surface area contributed by atoms with Gasteiger partial charge >= 0.3 is 5.97 Å². The van der Waals surface area contributed by atoms with Crippen molar-refractivity contribution in [3.63, 3.8) is 0 Å². The second-order valence-corrected chi connectivity index (χ2v) is 7.94. The monoisotopic (exact) mass is 377 g/mol. The molecule has 0 radical (unpaired) electrons. The van der Waals surface area contributed by atoms with Gasteiger partial charge in [-0.2, -0.15) is 5.10 Å². The Kier molecular flexibility index (Phi) is 8.82. The number of aromatic nitrogens is 2. The van der Waals surface area contributed by atoms with Crippen LogP contribution in [0.25, 0.3) is 0 Å². The molecule has 0 atom stereocenters. The highest BCUT2D eigenvalue weighted by molar-refractivity contribution is 6.01. The van der Waals surface area contributed by atoms with E-state index in [9.17, 15) is 9.59 Å². The van der Waals surface area contributed by atoms with E-state index in [-0.39, 0.29) is 18.4 Å². The molecule has 2 rings (SSSR count). The van der Waals surface area contributed by atoms with E-state index in [2.05, 4.69) is 22.4 Å². The van der Waals surface area contributed by atoms with Gasteiger partial charge in [-0.05, 0) is 19.8 Å². The minimum absolute atomic E-state index is 0.0519. The van der Waals surface area contributed by atoms with Gasteiger partial charge in [-0.25, -0.2) is 0 Å². The van der Waals surface area contributed by atoms with E-state index in [0.717, 1.165) is 18.5 Å². The van der Waals surface area contributed by atoms with Crippen molar-refractivity contribution in [3.05, 3.63) is 11.8 Å². The molecule has 1 saturated carbocycles. The molecule has 27 heavy (non-hydrogen) atoms. The zero-order valence-corrected chi connectivity index (χ0v) is 16.9. The molecular weight excluding hydrogens is 342 g/mol. The Hall–Kier alpha value is -1.85. The fraction of sp³-hybridized carbons (Fsp3) is 0.762. The molecule has 1 aromatic rings. The molecule has 0 bridgehead atoms. The van der Waals surface area contributed by atoms with Crippen LogP contribution in [0.5, 0.6) is 0 Å². The quantitative estimate of drug-likeness (QED) is 0.567. The summed E-state index contributed by atoms with van der Waals surface area (Å²) in [6.45, 7) is 4.30. The molecule has 0 saturated heterocycles. The van der Waals surface area contributed by atoms with Gasteiger partial charge in [-0.3, -0.25) is 14.7 Å². The van der Waals surface area contributed by atoms with Crippen molar-refractivity contribution in [2.45, 2.75) is 96.3 Å². The van der Waals surface area contributed by atoms with Gasteiger partial charge in [0.25, 0.3) is 0 Å². The molecule has 0 spiro atoms. The number of aromatic amines is 1. The highest BCUT2D eigenvalue weighted by Gasteiger charge is 2.28. The maximum absolute atomic E-state index is 12.0. The van der Waals surface area contributed by atoms with Crippen LogP contribution in [0.2, 0.25) is 0 Å². The van der Waals surface area contributed by atoms with Crippen LogP contribution < -0.4 is 5.32 Å². The molecule has 6 nitrogen and oxygen atoms in total. The topological polar surface area (TPSA) is 84.1 Å². The second-order valence-electron chi connectivity index (χ2n) is 7.94. The lowest BCUT2D eigenvalue weighted by Crippen LogP contribution is -2.23. The van der Waals surface area contributed by atoms with Gasteiger partial charge in [0, 0.05) is 17.2 Å². The maximum Gasteiger partial charge on any atom is 0.315 e. The molecule has 1 aromatic heterocycles. The third-order valence-electron chi connectivity index (χ3n) is 5.56. The standard InChI is InChI=1S/C21H35N3O3/c1-3-27-20(26)16-19(25)22-18-15-17(23-24-18)21(2)13-11-9-7-5-4-6-8-10-12-14-21/h15H,3-14,16H2,1-2H3,(H2,22,23,24,25). The fourth-order valence-electron chi connectivity index (χ4n) is 3.89. The number of anilines is 1. The third-order valence-corrected chi connectivity index (χ3v) is 5.56. The lowest BCUT2D eigenvalue weighted by molar-refractivity contribution is -0.145. The van der Waals surface area contributed by atoms with E-state index in [1.165, 1.54) is 57.8 Å². The summed E-state index contributed by atoms with van der Waals surface area (Å²) in [5.41, 5.74) is 1.13. The molecule has 0 aromatic carbocycles. The molecule has 1 heterocycles. The van der Waals surface area contributed by atoms with Gasteiger partial charge in [-0.15, -0.1) is 0 Å². The SMILES string of the molecule is CCOC(=O)CC(=O)Nc1cc(C2(C)CCCCCCCCCCC2)[nH]n1. The highest BCUT2D eigenvalue weighted by atomic mass is 16.5. The zero-order chi connectivity index (χ0) is 19.5. The van der Waals surface area contributed by atoms with E-state index in [1.807, 2.05) is 6.07 Å². The Morgan fingerprint density at radius 1 is 1.07 bits per heavy atom. The van der Waals surface area contributed by atoms with Crippen LogP contribution >= 0.6 is 0 Å². The third kappa shape index (κ3) is 7.35. The summed E-state index contributed by atoms with van der Waals surface area (Å²) in [4.78, 5) is 23.4. The number of nitrogens with zero attached hydrogens (tertiary/aromatic N) is 1. The predicted octanol–water partition coefficient (Wildman–Crippen LogP) is 4.86. The molecule has 6 heteroatoms. The first-order valence-corrected chi connectivity index (χ1v) is 10.5. The normalized spacial score (nSPS) is 18.7. The number of carbonyl (C=O) groups excluding carboxylic acids is 2. The van der Waals surface area contributed by atoms with Crippen molar-refractivity contribution in [1.29, 1.82) is 0 Å². The van der Waals surface area contributed by atoms with Crippen molar-refractivity contribution in [1.82, 2.24) is 10.2 Å². The summed E-state index contributed by atoms with van der Waals surface area (Å²) in [5, 5.41) is 10.1. The smallest absolute Gasteiger partial charge is 0.315 e. The molecule has 1 amide bonds. The van der Waals surface area contributed by atoms with E-state index >= 15 is 0 Å². The number of ether oxygens (including phenoxy) is 1. The minimum atomic E-state index is -0.517. The Morgan fingerprint density at radius 2 is 1.63 bits per heavy atom. The molecule has 0 aliphatic heterocycles. The van der Waals surface area contributed by atoms with E-state index in [1.54, 1.807) is 6.92 Å². The van der Waals surface area contributed by atoms with E-state index in [4.69, 9.17) is 4.74 Å². The number of carbonyl (C=O) groups is 2. The number of hydrogen-bond acceptors (Lipinski definition) is 4. The van der Waals surface area contributed by atoms with Gasteiger partial charge < -0.3 is 10.1 Å². The first-order chi connectivity index (χ1) is 13.0. The van der Waals surface area contributed by atoms with Crippen molar-refractivity contribution in [2.24, 2.45) is 0 Å². The van der Waals surface area contributed by atoms with Gasteiger partial charge in [-0.1, -0.05) is 64.7 Å². The average molecular weight is 378 g/mol. The van der Waals surface area contributed by atoms with Gasteiger partial charge in [0.05, 0.1) is 6.61 Å². The van der Waals surface area contributed by atoms with Crippen LogP contribution in [0, 0.1) is 0 Å². The van der Waals surface area contributed by atoms with Crippen molar-refractivity contribution in [2.75, 3.05) is 11.9 Å². The molecule has 1 aliphatic carbocycles. The lowest BCUT2D eigenvalue weighted by atomic mass is 9.77. The predicted molar refractivity (Wildman–Crippen MR) is 107 cm³/mol. The van der Waals surface area contributed by atoms with Crippen LogP contribution in [-0.2, 0) is 19.7 Å². The summed E-state index contributed by atoms with van der Waals surface area (Å²) in [5.74, 6) is -0.431. The summed E-state index contributed by atoms with van der Waals surface area (Å²) >= 11 is 0. The van der Waals surface area contributed by atoms with Crippen LogP contribution in [0.4, 0.5) is 5.82 Å². The zero-order valence-electron chi connectivity index (χ0n) is 16.9. The number of amides is 1. The van der Waals surface area contributed by atoms with Gasteiger partial charge in [0.2, 0.25) is 5.91 Å². The summed E-state index contributed by atoms with van der Waals surface area (Å²) in [7, 11) is 0. The van der Waals surface area contributed by atoms with E-state index in [0.29, 0.717) is 5.82 Å². The largest absolute Gasteiger partial charge is 0.466 e. The summed E-state index contributed by atoms with van der Waals surface area (Å²) < 4.78 is 4.81. The Bertz CT molecular complexity index is 585. The van der Waals surface area contributed by atoms with Crippen molar-refractivity contribution >= 4 is 17.7 Å². The molecular formula is C21H35N3O3. The highest BCUT2D eigenvalue weighted by Crippen LogP contribution is 2.35.